The van der Waals surface area contributed by atoms with E-state index in [1.165, 1.54) is 17.7 Å². The number of rotatable bonds is 5. The van der Waals surface area contributed by atoms with Crippen molar-refractivity contribution in [2.24, 2.45) is 0 Å². The predicted octanol–water partition coefficient (Wildman–Crippen LogP) is 3.94. The molecule has 0 amide bonds. The van der Waals surface area contributed by atoms with Gasteiger partial charge in [0, 0.05) is 0 Å². The highest BCUT2D eigenvalue weighted by Crippen LogP contribution is 2.26. The average Bonchev–Trinajstić information content (AvgIpc) is 2.45. The van der Waals surface area contributed by atoms with Gasteiger partial charge in [-0.1, -0.05) is 49.7 Å². The first-order valence-corrected chi connectivity index (χ1v) is 8.12. The van der Waals surface area contributed by atoms with Gasteiger partial charge in [0.25, 0.3) is 10.1 Å². The lowest BCUT2D eigenvalue weighted by atomic mass is 9.96. The first kappa shape index (κ1) is 14.8. The van der Waals surface area contributed by atoms with Gasteiger partial charge >= 0.3 is 0 Å². The van der Waals surface area contributed by atoms with E-state index in [4.69, 9.17) is 4.55 Å². The fourth-order valence-corrected chi connectivity index (χ4v) is 2.67. The molecule has 0 atom stereocenters. The molecule has 0 saturated heterocycles. The molecule has 0 bridgehead atoms. The summed E-state index contributed by atoms with van der Waals surface area (Å²) in [5.74, 6) is 0. The van der Waals surface area contributed by atoms with Crippen molar-refractivity contribution < 1.29 is 13.0 Å². The first-order chi connectivity index (χ1) is 9.52. The zero-order valence-electron chi connectivity index (χ0n) is 11.4. The summed E-state index contributed by atoms with van der Waals surface area (Å²) >= 11 is 0. The molecular weight excluding hydrogens is 272 g/mol. The molecule has 2 aromatic rings. The van der Waals surface area contributed by atoms with Crippen LogP contribution in [-0.4, -0.2) is 13.0 Å². The van der Waals surface area contributed by atoms with Crippen LogP contribution < -0.4 is 0 Å². The number of aryl methyl sites for hydroxylation is 1. The molecule has 0 aliphatic heterocycles. The van der Waals surface area contributed by atoms with Crippen molar-refractivity contribution in [2.45, 2.75) is 31.1 Å². The van der Waals surface area contributed by atoms with Gasteiger partial charge in [-0.3, -0.25) is 4.55 Å². The van der Waals surface area contributed by atoms with Gasteiger partial charge in [-0.15, -0.1) is 0 Å². The van der Waals surface area contributed by atoms with Crippen molar-refractivity contribution in [3.8, 4) is 11.1 Å². The highest BCUT2D eigenvalue weighted by atomic mass is 32.2. The Labute approximate surface area is 120 Å². The Kier molecular flexibility index (Phi) is 4.57. The van der Waals surface area contributed by atoms with Gasteiger partial charge in [0.05, 0.1) is 4.90 Å². The Morgan fingerprint density at radius 2 is 1.65 bits per heavy atom. The van der Waals surface area contributed by atoms with Gasteiger partial charge in [-0.2, -0.15) is 8.42 Å². The minimum Gasteiger partial charge on any atom is -0.282 e. The van der Waals surface area contributed by atoms with Crippen molar-refractivity contribution in [3.05, 3.63) is 54.1 Å². The molecule has 0 heterocycles. The van der Waals surface area contributed by atoms with E-state index in [1.807, 2.05) is 18.2 Å². The fraction of sp³-hybridized carbons (Fsp3) is 0.250. The lowest BCUT2D eigenvalue weighted by Gasteiger charge is -2.09. The third-order valence-corrected chi connectivity index (χ3v) is 4.15. The van der Waals surface area contributed by atoms with E-state index in [2.05, 4.69) is 13.0 Å². The largest absolute Gasteiger partial charge is 0.294 e. The minimum atomic E-state index is -4.13. The zero-order chi connectivity index (χ0) is 14.6. The molecule has 1 N–H and O–H groups in total. The summed E-state index contributed by atoms with van der Waals surface area (Å²) in [5, 5.41) is 0. The quantitative estimate of drug-likeness (QED) is 0.848. The Balaban J connectivity index is 2.37. The Hall–Kier alpha value is -1.65. The van der Waals surface area contributed by atoms with Gasteiger partial charge in [0.1, 0.15) is 0 Å². The smallest absolute Gasteiger partial charge is 0.282 e. The monoisotopic (exact) mass is 290 g/mol. The van der Waals surface area contributed by atoms with Gasteiger partial charge in [-0.25, -0.2) is 0 Å². The maximum atomic E-state index is 11.0. The van der Waals surface area contributed by atoms with E-state index in [9.17, 15) is 8.42 Å². The molecule has 0 aromatic heterocycles. The summed E-state index contributed by atoms with van der Waals surface area (Å²) in [5.41, 5.74) is 3.33. The van der Waals surface area contributed by atoms with Crippen LogP contribution in [0.25, 0.3) is 11.1 Å². The van der Waals surface area contributed by atoms with Crippen LogP contribution in [0.5, 0.6) is 0 Å². The molecule has 20 heavy (non-hydrogen) atoms. The number of unbranched alkanes of at least 4 members (excludes halogenated alkanes) is 1. The molecule has 4 heteroatoms. The SMILES string of the molecule is CCCCc1ccccc1-c1ccc(S(=O)(=O)O)cc1. The summed E-state index contributed by atoms with van der Waals surface area (Å²) in [6.45, 7) is 2.16. The van der Waals surface area contributed by atoms with Crippen molar-refractivity contribution in [1.29, 1.82) is 0 Å². The zero-order valence-corrected chi connectivity index (χ0v) is 12.2. The first-order valence-electron chi connectivity index (χ1n) is 6.68. The average molecular weight is 290 g/mol. The molecule has 3 nitrogen and oxygen atoms in total. The molecule has 0 fully saturated rings. The van der Waals surface area contributed by atoms with Crippen molar-refractivity contribution >= 4 is 10.1 Å². The lowest BCUT2D eigenvalue weighted by molar-refractivity contribution is 0.483. The van der Waals surface area contributed by atoms with Crippen molar-refractivity contribution in [1.82, 2.24) is 0 Å². The minimum absolute atomic E-state index is 0.0766. The van der Waals surface area contributed by atoms with Crippen LogP contribution in [0.4, 0.5) is 0 Å². The van der Waals surface area contributed by atoms with Crippen LogP contribution in [0.1, 0.15) is 25.3 Å². The Morgan fingerprint density at radius 1 is 1.00 bits per heavy atom. The number of hydrogen-bond donors (Lipinski definition) is 1. The van der Waals surface area contributed by atoms with E-state index >= 15 is 0 Å². The number of hydrogen-bond acceptors (Lipinski definition) is 2. The molecule has 0 radical (unpaired) electrons. The predicted molar refractivity (Wildman–Crippen MR) is 80.3 cm³/mol. The van der Waals surface area contributed by atoms with Crippen molar-refractivity contribution in [2.75, 3.05) is 0 Å². The molecule has 2 rings (SSSR count). The molecule has 2 aromatic carbocycles. The van der Waals surface area contributed by atoms with Gasteiger partial charge in [0.2, 0.25) is 0 Å². The molecule has 106 valence electrons. The third kappa shape index (κ3) is 3.46. The molecule has 0 aliphatic carbocycles. The van der Waals surface area contributed by atoms with Crippen LogP contribution in [0, 0.1) is 0 Å². The Bertz CT molecular complexity index is 673. The topological polar surface area (TPSA) is 54.4 Å². The Morgan fingerprint density at radius 3 is 2.25 bits per heavy atom. The molecular formula is C16H18O3S. The maximum Gasteiger partial charge on any atom is 0.294 e. The number of benzene rings is 2. The van der Waals surface area contributed by atoms with Gasteiger partial charge in [-0.05, 0) is 41.7 Å². The maximum absolute atomic E-state index is 11.0. The standard InChI is InChI=1S/C16H18O3S/c1-2-3-6-13-7-4-5-8-16(13)14-9-11-15(12-10-14)20(17,18)19/h4-5,7-12H,2-3,6H2,1H3,(H,17,18,19). The highest BCUT2D eigenvalue weighted by Gasteiger charge is 2.10. The highest BCUT2D eigenvalue weighted by molar-refractivity contribution is 7.85. The van der Waals surface area contributed by atoms with Crippen LogP contribution in [0.2, 0.25) is 0 Å². The van der Waals surface area contributed by atoms with E-state index < -0.39 is 10.1 Å². The second-order valence-electron chi connectivity index (χ2n) is 4.76. The summed E-state index contributed by atoms with van der Waals surface area (Å²) in [7, 11) is -4.13. The van der Waals surface area contributed by atoms with Crippen LogP contribution in [0.15, 0.2) is 53.4 Å². The van der Waals surface area contributed by atoms with Gasteiger partial charge < -0.3 is 0 Å². The van der Waals surface area contributed by atoms with Gasteiger partial charge in [0.15, 0.2) is 0 Å². The lowest BCUT2D eigenvalue weighted by Crippen LogP contribution is -1.97. The summed E-state index contributed by atoms with van der Waals surface area (Å²) in [6.07, 6.45) is 3.27. The molecule has 0 unspecified atom stereocenters. The normalized spacial score (nSPS) is 11.5. The van der Waals surface area contributed by atoms with Crippen LogP contribution in [0.3, 0.4) is 0 Å². The van der Waals surface area contributed by atoms with E-state index in [-0.39, 0.29) is 4.90 Å². The second-order valence-corrected chi connectivity index (χ2v) is 6.18. The fourth-order valence-electron chi connectivity index (χ4n) is 2.19. The van der Waals surface area contributed by atoms with Crippen LogP contribution in [-0.2, 0) is 16.5 Å². The van der Waals surface area contributed by atoms with Crippen molar-refractivity contribution in [3.63, 3.8) is 0 Å². The van der Waals surface area contributed by atoms with E-state index in [1.54, 1.807) is 12.1 Å². The summed E-state index contributed by atoms with van der Waals surface area (Å²) < 4.78 is 31.1. The molecule has 0 aliphatic rings. The van der Waals surface area contributed by atoms with Crippen LogP contribution >= 0.6 is 0 Å². The summed E-state index contributed by atoms with van der Waals surface area (Å²) in [4.78, 5) is -0.0766. The molecule has 0 spiro atoms. The van der Waals surface area contributed by atoms with E-state index in [0.717, 1.165) is 30.4 Å². The molecule has 0 saturated carbocycles. The summed E-state index contributed by atoms with van der Waals surface area (Å²) in [6, 6.07) is 14.4. The second kappa shape index (κ2) is 6.20. The van der Waals surface area contributed by atoms with E-state index in [0.29, 0.717) is 0 Å². The third-order valence-electron chi connectivity index (χ3n) is 3.28.